The number of hydrogen-bond donors (Lipinski definition) is 0. The first kappa shape index (κ1) is 24.0. The normalized spacial score (nSPS) is 14.5. The first-order valence-corrected chi connectivity index (χ1v) is 12.3. The summed E-state index contributed by atoms with van der Waals surface area (Å²) in [6, 6.07) is 13.1. The van der Waals surface area contributed by atoms with Crippen molar-refractivity contribution in [3.8, 4) is 16.3 Å². The predicted molar refractivity (Wildman–Crippen MR) is 133 cm³/mol. The van der Waals surface area contributed by atoms with Gasteiger partial charge in [0.1, 0.15) is 23.1 Å². The van der Waals surface area contributed by atoms with Gasteiger partial charge in [-0.15, -0.1) is 11.3 Å². The smallest absolute Gasteiger partial charge is 0.273 e. The van der Waals surface area contributed by atoms with Crippen LogP contribution in [-0.4, -0.2) is 67.1 Å². The van der Waals surface area contributed by atoms with Gasteiger partial charge in [0, 0.05) is 50.8 Å². The van der Waals surface area contributed by atoms with Gasteiger partial charge in [-0.3, -0.25) is 9.69 Å². The van der Waals surface area contributed by atoms with Gasteiger partial charge in [0.25, 0.3) is 5.91 Å². The van der Waals surface area contributed by atoms with E-state index in [0.717, 1.165) is 35.8 Å². The number of hydrogen-bond acceptors (Lipinski definition) is 6. The van der Waals surface area contributed by atoms with E-state index in [1.165, 1.54) is 11.3 Å². The summed E-state index contributed by atoms with van der Waals surface area (Å²) in [5, 5.41) is 3.64. The van der Waals surface area contributed by atoms with E-state index in [-0.39, 0.29) is 5.91 Å². The van der Waals surface area contributed by atoms with Gasteiger partial charge in [0.2, 0.25) is 0 Å². The highest BCUT2D eigenvalue weighted by Crippen LogP contribution is 2.28. The summed E-state index contributed by atoms with van der Waals surface area (Å²) >= 11 is 13.5. The molecule has 0 saturated carbocycles. The number of rotatable bonds is 8. The number of halogens is 2. The van der Waals surface area contributed by atoms with E-state index in [1.807, 2.05) is 40.6 Å². The molecular weight excluding hydrogens is 481 g/mol. The van der Waals surface area contributed by atoms with Crippen LogP contribution in [0, 0.1) is 0 Å². The summed E-state index contributed by atoms with van der Waals surface area (Å²) in [6.45, 7) is 5.08. The average molecular weight is 506 g/mol. The zero-order valence-electron chi connectivity index (χ0n) is 18.3. The highest BCUT2D eigenvalue weighted by atomic mass is 35.5. The van der Waals surface area contributed by atoms with Gasteiger partial charge < -0.3 is 14.4 Å². The molecule has 2 heterocycles. The summed E-state index contributed by atoms with van der Waals surface area (Å²) in [4.78, 5) is 21.7. The summed E-state index contributed by atoms with van der Waals surface area (Å²) in [7, 11) is 1.71. The molecule has 1 amide bonds. The molecule has 1 aromatic heterocycles. The molecule has 0 atom stereocenters. The van der Waals surface area contributed by atoms with E-state index >= 15 is 0 Å². The molecule has 33 heavy (non-hydrogen) atoms. The summed E-state index contributed by atoms with van der Waals surface area (Å²) in [5.74, 6) is 0.699. The summed E-state index contributed by atoms with van der Waals surface area (Å²) < 4.78 is 11.1. The fourth-order valence-corrected chi connectivity index (χ4v) is 4.69. The van der Waals surface area contributed by atoms with Crippen LogP contribution in [-0.2, 0) is 11.3 Å². The molecule has 0 unspecified atom stereocenters. The molecule has 6 nitrogen and oxygen atoms in total. The van der Waals surface area contributed by atoms with Gasteiger partial charge in [0.05, 0.1) is 16.7 Å². The van der Waals surface area contributed by atoms with Crippen LogP contribution >= 0.6 is 34.5 Å². The van der Waals surface area contributed by atoms with Crippen LogP contribution in [0.2, 0.25) is 10.0 Å². The maximum Gasteiger partial charge on any atom is 0.273 e. The quantitative estimate of drug-likeness (QED) is 0.426. The number of thiazole rings is 1. The Balaban J connectivity index is 1.37. The SMILES string of the molecule is COCCN1CCN(C(=O)c2csc(-c3cccc(OCc4ccc(Cl)c(Cl)c4)c3)n2)CC1. The van der Waals surface area contributed by atoms with Crippen LogP contribution in [0.25, 0.3) is 10.6 Å². The molecule has 0 spiro atoms. The number of amides is 1. The maximum atomic E-state index is 12.9. The van der Waals surface area contributed by atoms with E-state index in [2.05, 4.69) is 9.88 Å². The van der Waals surface area contributed by atoms with Crippen molar-refractivity contribution in [1.29, 1.82) is 0 Å². The van der Waals surface area contributed by atoms with Crippen LogP contribution < -0.4 is 4.74 Å². The van der Waals surface area contributed by atoms with Crippen LogP contribution in [0.15, 0.2) is 47.8 Å². The van der Waals surface area contributed by atoms with Crippen molar-refractivity contribution in [2.24, 2.45) is 0 Å². The Labute approximate surface area is 207 Å². The molecule has 1 aliphatic heterocycles. The lowest BCUT2D eigenvalue weighted by Gasteiger charge is -2.34. The number of piperazine rings is 1. The number of carbonyl (C=O) groups excluding carboxylic acids is 1. The second-order valence-electron chi connectivity index (χ2n) is 7.73. The lowest BCUT2D eigenvalue weighted by atomic mass is 10.2. The highest BCUT2D eigenvalue weighted by molar-refractivity contribution is 7.13. The number of aromatic nitrogens is 1. The number of carbonyl (C=O) groups is 1. The van der Waals surface area contributed by atoms with Crippen molar-refractivity contribution < 1.29 is 14.3 Å². The maximum absolute atomic E-state index is 12.9. The Kier molecular flexibility index (Phi) is 8.22. The fraction of sp³-hybridized carbons (Fsp3) is 0.333. The van der Waals surface area contributed by atoms with Crippen molar-refractivity contribution in [1.82, 2.24) is 14.8 Å². The third kappa shape index (κ3) is 6.25. The Morgan fingerprint density at radius 3 is 2.67 bits per heavy atom. The minimum absolute atomic E-state index is 0.0177. The Morgan fingerprint density at radius 1 is 1.09 bits per heavy atom. The second-order valence-corrected chi connectivity index (χ2v) is 9.40. The highest BCUT2D eigenvalue weighted by Gasteiger charge is 2.24. The zero-order valence-corrected chi connectivity index (χ0v) is 20.6. The van der Waals surface area contributed by atoms with E-state index in [1.54, 1.807) is 19.2 Å². The molecule has 0 bridgehead atoms. The largest absolute Gasteiger partial charge is 0.489 e. The molecule has 9 heteroatoms. The van der Waals surface area contributed by atoms with E-state index < -0.39 is 0 Å². The van der Waals surface area contributed by atoms with Gasteiger partial charge in [-0.2, -0.15) is 0 Å². The molecular formula is C24H25Cl2N3O3S. The minimum Gasteiger partial charge on any atom is -0.489 e. The van der Waals surface area contributed by atoms with E-state index in [4.69, 9.17) is 32.7 Å². The van der Waals surface area contributed by atoms with Gasteiger partial charge in [-0.25, -0.2) is 4.98 Å². The lowest BCUT2D eigenvalue weighted by molar-refractivity contribution is 0.0589. The second kappa shape index (κ2) is 11.3. The number of ether oxygens (including phenoxy) is 2. The topological polar surface area (TPSA) is 54.9 Å². The molecule has 1 saturated heterocycles. The van der Waals surface area contributed by atoms with E-state index in [0.29, 0.717) is 47.8 Å². The van der Waals surface area contributed by atoms with Crippen LogP contribution in [0.3, 0.4) is 0 Å². The van der Waals surface area contributed by atoms with E-state index in [9.17, 15) is 4.79 Å². The first-order valence-electron chi connectivity index (χ1n) is 10.7. The molecule has 1 fully saturated rings. The third-order valence-electron chi connectivity index (χ3n) is 5.46. The number of methoxy groups -OCH3 is 1. The molecule has 2 aromatic carbocycles. The van der Waals surface area contributed by atoms with Crippen molar-refractivity contribution >= 4 is 40.4 Å². The first-order chi connectivity index (χ1) is 16.0. The standard InChI is InChI=1S/C24H25Cl2N3O3S/c1-31-12-11-28-7-9-29(10-8-28)24(30)22-16-33-23(27-22)18-3-2-4-19(14-18)32-15-17-5-6-20(25)21(26)13-17/h2-6,13-14,16H,7-12,15H2,1H3. The third-order valence-corrected chi connectivity index (χ3v) is 7.10. The van der Waals surface area contributed by atoms with Crippen molar-refractivity contribution in [3.63, 3.8) is 0 Å². The monoisotopic (exact) mass is 505 g/mol. The molecule has 174 valence electrons. The lowest BCUT2D eigenvalue weighted by Crippen LogP contribution is -2.49. The van der Waals surface area contributed by atoms with Gasteiger partial charge in [-0.1, -0.05) is 41.4 Å². The van der Waals surface area contributed by atoms with Gasteiger partial charge in [0.15, 0.2) is 0 Å². The summed E-state index contributed by atoms with van der Waals surface area (Å²) in [5.41, 5.74) is 2.33. The van der Waals surface area contributed by atoms with Crippen LogP contribution in [0.5, 0.6) is 5.75 Å². The van der Waals surface area contributed by atoms with Gasteiger partial charge >= 0.3 is 0 Å². The van der Waals surface area contributed by atoms with Crippen LogP contribution in [0.1, 0.15) is 16.1 Å². The minimum atomic E-state index is -0.0177. The zero-order chi connectivity index (χ0) is 23.2. The molecule has 0 N–H and O–H groups in total. The predicted octanol–water partition coefficient (Wildman–Crippen LogP) is 5.10. The fourth-order valence-electron chi connectivity index (χ4n) is 3.58. The van der Waals surface area contributed by atoms with Crippen molar-refractivity contribution in [2.75, 3.05) is 46.4 Å². The van der Waals surface area contributed by atoms with Crippen molar-refractivity contribution in [3.05, 3.63) is 69.1 Å². The number of nitrogens with zero attached hydrogens (tertiary/aromatic N) is 3. The number of benzene rings is 2. The van der Waals surface area contributed by atoms with Crippen LogP contribution in [0.4, 0.5) is 0 Å². The molecule has 0 radical (unpaired) electrons. The Hall–Kier alpha value is -2.16. The Bertz CT molecular complexity index is 1100. The molecule has 1 aliphatic rings. The molecule has 3 aromatic rings. The average Bonchev–Trinajstić information content (AvgIpc) is 3.34. The molecule has 0 aliphatic carbocycles. The van der Waals surface area contributed by atoms with Gasteiger partial charge in [-0.05, 0) is 29.8 Å². The molecule has 4 rings (SSSR count). The summed E-state index contributed by atoms with van der Waals surface area (Å²) in [6.07, 6.45) is 0. The Morgan fingerprint density at radius 2 is 1.91 bits per heavy atom. The van der Waals surface area contributed by atoms with Crippen molar-refractivity contribution in [2.45, 2.75) is 6.61 Å².